The third kappa shape index (κ3) is 4.62. The molecule has 1 aromatic heterocycles. The highest BCUT2D eigenvalue weighted by atomic mass is 32.2. The van der Waals surface area contributed by atoms with Gasteiger partial charge in [0.1, 0.15) is 0 Å². The molecule has 23 heavy (non-hydrogen) atoms. The fraction of sp³-hybridized carbons (Fsp3) is 0.400. The number of anilines is 2. The van der Waals surface area contributed by atoms with Gasteiger partial charge in [0, 0.05) is 12.6 Å². The summed E-state index contributed by atoms with van der Waals surface area (Å²) in [6.45, 7) is 0.736. The lowest BCUT2D eigenvalue weighted by Gasteiger charge is -2.11. The highest BCUT2D eigenvalue weighted by Gasteiger charge is 2.28. The van der Waals surface area contributed by atoms with E-state index in [0.29, 0.717) is 18.2 Å². The summed E-state index contributed by atoms with van der Waals surface area (Å²) >= 11 is 0. The van der Waals surface area contributed by atoms with Crippen molar-refractivity contribution in [2.45, 2.75) is 18.9 Å². The summed E-state index contributed by atoms with van der Waals surface area (Å²) in [6.07, 6.45) is 3.02. The van der Waals surface area contributed by atoms with Gasteiger partial charge in [-0.25, -0.2) is 8.42 Å². The molecule has 0 saturated carbocycles. The van der Waals surface area contributed by atoms with Gasteiger partial charge in [-0.15, -0.1) is 5.10 Å². The van der Waals surface area contributed by atoms with Gasteiger partial charge in [0.05, 0.1) is 17.7 Å². The van der Waals surface area contributed by atoms with Gasteiger partial charge >= 0.3 is 0 Å². The molecule has 2 N–H and O–H groups in total. The lowest BCUT2D eigenvalue weighted by atomic mass is 10.1. The summed E-state index contributed by atoms with van der Waals surface area (Å²) < 4.78 is 22.9. The fourth-order valence-corrected chi connectivity index (χ4v) is 4.19. The Bertz CT molecular complexity index is 751. The van der Waals surface area contributed by atoms with E-state index in [-0.39, 0.29) is 17.5 Å². The molecular formula is C15H19N5O2S. The molecule has 1 fully saturated rings. The Balaban J connectivity index is 1.53. The van der Waals surface area contributed by atoms with Crippen LogP contribution in [0.1, 0.15) is 12.0 Å². The number of rotatable bonds is 6. The lowest BCUT2D eigenvalue weighted by Crippen LogP contribution is -2.22. The molecule has 8 heteroatoms. The van der Waals surface area contributed by atoms with Crippen LogP contribution in [0, 0.1) is 0 Å². The van der Waals surface area contributed by atoms with Crippen LogP contribution in [-0.4, -0.2) is 47.7 Å². The first kappa shape index (κ1) is 15.7. The second kappa shape index (κ2) is 6.91. The maximum Gasteiger partial charge on any atom is 0.244 e. The van der Waals surface area contributed by atoms with Crippen molar-refractivity contribution in [2.24, 2.45) is 0 Å². The quantitative estimate of drug-likeness (QED) is 0.818. The van der Waals surface area contributed by atoms with E-state index in [9.17, 15) is 8.42 Å². The molecule has 1 saturated heterocycles. The normalized spacial score (nSPS) is 19.4. The zero-order chi connectivity index (χ0) is 16.1. The Hall–Kier alpha value is -2.22. The minimum Gasteiger partial charge on any atom is -0.368 e. The predicted octanol–water partition coefficient (Wildman–Crippen LogP) is 1.13. The van der Waals surface area contributed by atoms with Crippen molar-refractivity contribution in [3.63, 3.8) is 0 Å². The third-order valence-electron chi connectivity index (χ3n) is 3.69. The molecule has 1 atom stereocenters. The molecule has 122 valence electrons. The Morgan fingerprint density at radius 1 is 1.22 bits per heavy atom. The highest BCUT2D eigenvalue weighted by Crippen LogP contribution is 2.15. The van der Waals surface area contributed by atoms with Crippen molar-refractivity contribution in [1.82, 2.24) is 15.2 Å². The molecule has 0 amide bonds. The van der Waals surface area contributed by atoms with Crippen LogP contribution in [0.4, 0.5) is 11.8 Å². The second-order valence-corrected chi connectivity index (χ2v) is 7.80. The average molecular weight is 333 g/mol. The Morgan fingerprint density at radius 2 is 2.04 bits per heavy atom. The first-order valence-electron chi connectivity index (χ1n) is 7.55. The number of nitrogens with one attached hydrogen (secondary N) is 2. The number of benzene rings is 1. The van der Waals surface area contributed by atoms with Crippen LogP contribution in [0.2, 0.25) is 0 Å². The minimum absolute atomic E-state index is 0.127. The largest absolute Gasteiger partial charge is 0.368 e. The molecule has 0 bridgehead atoms. The predicted molar refractivity (Wildman–Crippen MR) is 89.1 cm³/mol. The summed E-state index contributed by atoms with van der Waals surface area (Å²) in [5.41, 5.74) is 1.25. The van der Waals surface area contributed by atoms with Crippen LogP contribution in [0.15, 0.2) is 36.5 Å². The molecule has 0 aliphatic carbocycles. The van der Waals surface area contributed by atoms with Gasteiger partial charge in [0.25, 0.3) is 0 Å². The molecule has 1 unspecified atom stereocenters. The first-order valence-corrected chi connectivity index (χ1v) is 9.37. The molecule has 2 heterocycles. The van der Waals surface area contributed by atoms with E-state index in [1.807, 2.05) is 18.2 Å². The van der Waals surface area contributed by atoms with Crippen molar-refractivity contribution < 1.29 is 8.42 Å². The number of nitrogens with zero attached hydrogens (tertiary/aromatic N) is 3. The number of aromatic nitrogens is 3. The van der Waals surface area contributed by atoms with E-state index in [1.54, 1.807) is 6.20 Å². The molecule has 1 aliphatic heterocycles. The van der Waals surface area contributed by atoms with Crippen molar-refractivity contribution in [3.05, 3.63) is 42.1 Å². The molecule has 1 aromatic carbocycles. The monoisotopic (exact) mass is 333 g/mol. The van der Waals surface area contributed by atoms with E-state index in [1.165, 1.54) is 5.56 Å². The van der Waals surface area contributed by atoms with Crippen LogP contribution in [0.25, 0.3) is 0 Å². The van der Waals surface area contributed by atoms with Crippen LogP contribution in [0.5, 0.6) is 0 Å². The van der Waals surface area contributed by atoms with Crippen LogP contribution < -0.4 is 10.6 Å². The summed E-state index contributed by atoms with van der Waals surface area (Å²) in [5, 5.41) is 14.1. The number of sulfone groups is 1. The molecular weight excluding hydrogens is 314 g/mol. The summed E-state index contributed by atoms with van der Waals surface area (Å²) in [6, 6.07) is 10.0. The van der Waals surface area contributed by atoms with Gasteiger partial charge in [-0.3, -0.25) is 0 Å². The molecule has 0 spiro atoms. The van der Waals surface area contributed by atoms with Gasteiger partial charge in [0.2, 0.25) is 5.95 Å². The van der Waals surface area contributed by atoms with Gasteiger partial charge in [0.15, 0.2) is 15.7 Å². The van der Waals surface area contributed by atoms with Crippen LogP contribution in [-0.2, 0) is 16.3 Å². The van der Waals surface area contributed by atoms with Gasteiger partial charge in [-0.05, 0) is 18.4 Å². The van der Waals surface area contributed by atoms with Crippen molar-refractivity contribution in [1.29, 1.82) is 0 Å². The molecule has 2 aromatic rings. The Kier molecular flexibility index (Phi) is 4.71. The van der Waals surface area contributed by atoms with Crippen LogP contribution in [0.3, 0.4) is 0 Å². The van der Waals surface area contributed by atoms with Gasteiger partial charge < -0.3 is 10.6 Å². The van der Waals surface area contributed by atoms with E-state index < -0.39 is 9.84 Å². The maximum absolute atomic E-state index is 11.5. The van der Waals surface area contributed by atoms with E-state index in [4.69, 9.17) is 0 Å². The first-order chi connectivity index (χ1) is 11.1. The van der Waals surface area contributed by atoms with E-state index >= 15 is 0 Å². The van der Waals surface area contributed by atoms with Gasteiger partial charge in [-0.1, -0.05) is 30.3 Å². The molecule has 1 aliphatic rings. The lowest BCUT2D eigenvalue weighted by molar-refractivity contribution is 0.602. The van der Waals surface area contributed by atoms with E-state index in [2.05, 4.69) is 37.9 Å². The highest BCUT2D eigenvalue weighted by molar-refractivity contribution is 7.91. The smallest absolute Gasteiger partial charge is 0.244 e. The van der Waals surface area contributed by atoms with E-state index in [0.717, 1.165) is 13.0 Å². The van der Waals surface area contributed by atoms with Crippen molar-refractivity contribution >= 4 is 21.6 Å². The average Bonchev–Trinajstić information content (AvgIpc) is 2.87. The fourth-order valence-electron chi connectivity index (χ4n) is 2.52. The SMILES string of the molecule is O=S1(=O)CCC(Nc2nncc(NCCc3ccccc3)n2)C1. The van der Waals surface area contributed by atoms with Gasteiger partial charge in [-0.2, -0.15) is 10.1 Å². The Morgan fingerprint density at radius 3 is 2.78 bits per heavy atom. The van der Waals surface area contributed by atoms with Crippen molar-refractivity contribution in [3.8, 4) is 0 Å². The molecule has 0 radical (unpaired) electrons. The molecule has 3 rings (SSSR count). The summed E-state index contributed by atoms with van der Waals surface area (Å²) in [7, 11) is -2.92. The number of hydrogen-bond donors (Lipinski definition) is 2. The molecule has 7 nitrogen and oxygen atoms in total. The zero-order valence-corrected chi connectivity index (χ0v) is 13.5. The summed E-state index contributed by atoms with van der Waals surface area (Å²) in [5.74, 6) is 1.32. The standard InChI is InChI=1S/C15H19N5O2S/c21-23(22)9-7-13(11-23)18-15-19-14(10-17-20-15)16-8-6-12-4-2-1-3-5-12/h1-5,10,13H,6-9,11H2,(H2,16,18,19,20). The summed E-state index contributed by atoms with van der Waals surface area (Å²) in [4.78, 5) is 4.32. The zero-order valence-electron chi connectivity index (χ0n) is 12.6. The maximum atomic E-state index is 11.5. The third-order valence-corrected chi connectivity index (χ3v) is 5.46. The number of hydrogen-bond acceptors (Lipinski definition) is 7. The Labute approximate surface area is 135 Å². The van der Waals surface area contributed by atoms with Crippen LogP contribution >= 0.6 is 0 Å². The topological polar surface area (TPSA) is 96.9 Å². The second-order valence-electron chi connectivity index (χ2n) is 5.57. The van der Waals surface area contributed by atoms with Crippen molar-refractivity contribution in [2.75, 3.05) is 28.7 Å². The minimum atomic E-state index is -2.92.